The van der Waals surface area contributed by atoms with Gasteiger partial charge in [-0.1, -0.05) is 6.92 Å². The molecule has 1 amide bonds. The van der Waals surface area contributed by atoms with E-state index in [-0.39, 0.29) is 23.3 Å². The topological polar surface area (TPSA) is 115 Å². The van der Waals surface area contributed by atoms with Crippen LogP contribution in [0.15, 0.2) is 27.9 Å². The van der Waals surface area contributed by atoms with E-state index in [4.69, 9.17) is 0 Å². The van der Waals surface area contributed by atoms with E-state index in [1.807, 2.05) is 31.5 Å². The molecule has 4 rings (SSSR count). The highest BCUT2D eigenvalue weighted by Gasteiger charge is 2.27. The van der Waals surface area contributed by atoms with Crippen molar-refractivity contribution < 1.29 is 4.79 Å². The monoisotopic (exact) mass is 396 g/mol. The van der Waals surface area contributed by atoms with E-state index in [1.54, 1.807) is 0 Å². The Hall–Kier alpha value is -3.23. The van der Waals surface area contributed by atoms with E-state index in [2.05, 4.69) is 20.4 Å². The van der Waals surface area contributed by atoms with Gasteiger partial charge in [0.2, 0.25) is 0 Å². The fourth-order valence-electron chi connectivity index (χ4n) is 3.52. The number of pyridine rings is 1. The minimum atomic E-state index is -0.526. The highest BCUT2D eigenvalue weighted by Crippen LogP contribution is 2.34. The van der Waals surface area contributed by atoms with Crippen molar-refractivity contribution in [3.63, 3.8) is 0 Å². The number of H-pyrrole nitrogens is 1. The van der Waals surface area contributed by atoms with Gasteiger partial charge in [-0.15, -0.1) is 0 Å². The number of nitrogens with zero attached hydrogens (tertiary/aromatic N) is 4. The molecule has 0 aromatic carbocycles. The number of aromatic amines is 1. The molecular weight excluding hydrogens is 372 g/mol. The van der Waals surface area contributed by atoms with Gasteiger partial charge in [0.15, 0.2) is 0 Å². The van der Waals surface area contributed by atoms with Crippen LogP contribution < -0.4 is 16.6 Å². The predicted octanol–water partition coefficient (Wildman–Crippen LogP) is 1.30. The van der Waals surface area contributed by atoms with Crippen LogP contribution in [-0.2, 0) is 6.54 Å². The maximum atomic E-state index is 12.6. The number of fused-ring (bicyclic) bond motifs is 1. The van der Waals surface area contributed by atoms with Crippen LogP contribution in [0.4, 0.5) is 0 Å². The van der Waals surface area contributed by atoms with Crippen molar-refractivity contribution in [1.82, 2.24) is 29.6 Å². The Labute approximate surface area is 166 Å². The van der Waals surface area contributed by atoms with Crippen LogP contribution in [0.5, 0.6) is 0 Å². The first-order chi connectivity index (χ1) is 13.8. The minimum absolute atomic E-state index is 0.0734. The van der Waals surface area contributed by atoms with Crippen molar-refractivity contribution >= 4 is 16.9 Å². The highest BCUT2D eigenvalue weighted by molar-refractivity contribution is 5.96. The van der Waals surface area contributed by atoms with Gasteiger partial charge in [0, 0.05) is 31.0 Å². The third kappa shape index (κ3) is 3.85. The second-order valence-corrected chi connectivity index (χ2v) is 7.88. The van der Waals surface area contributed by atoms with Crippen LogP contribution in [0.1, 0.15) is 47.6 Å². The van der Waals surface area contributed by atoms with Gasteiger partial charge in [0.25, 0.3) is 11.5 Å². The zero-order valence-corrected chi connectivity index (χ0v) is 16.7. The number of hydrogen-bond acceptors (Lipinski definition) is 5. The molecule has 1 atom stereocenters. The quantitative estimate of drug-likeness (QED) is 0.652. The van der Waals surface area contributed by atoms with Crippen molar-refractivity contribution in [1.29, 1.82) is 0 Å². The number of aryl methyl sites for hydroxylation is 2. The molecule has 0 radical (unpaired) electrons. The highest BCUT2D eigenvalue weighted by atomic mass is 16.2. The summed E-state index contributed by atoms with van der Waals surface area (Å²) in [6, 6.07) is 3.59. The molecule has 9 heteroatoms. The van der Waals surface area contributed by atoms with E-state index >= 15 is 0 Å². The van der Waals surface area contributed by atoms with Gasteiger partial charge in [-0.05, 0) is 44.7 Å². The third-order valence-corrected chi connectivity index (χ3v) is 5.15. The minimum Gasteiger partial charge on any atom is -0.352 e. The molecule has 9 nitrogen and oxygen atoms in total. The van der Waals surface area contributed by atoms with Crippen molar-refractivity contribution in [3.05, 3.63) is 56.1 Å². The zero-order valence-electron chi connectivity index (χ0n) is 16.7. The van der Waals surface area contributed by atoms with Crippen LogP contribution in [0, 0.1) is 19.8 Å². The maximum absolute atomic E-state index is 12.6. The number of carbonyl (C=O) groups excluding carboxylic acids is 1. The van der Waals surface area contributed by atoms with Gasteiger partial charge in [0.05, 0.1) is 16.6 Å². The second kappa shape index (κ2) is 7.31. The van der Waals surface area contributed by atoms with Crippen LogP contribution >= 0.6 is 0 Å². The van der Waals surface area contributed by atoms with Crippen molar-refractivity contribution in [2.75, 3.05) is 6.54 Å². The fraction of sp³-hybridized carbons (Fsp3) is 0.450. The lowest BCUT2D eigenvalue weighted by Gasteiger charge is -2.14. The Kier molecular flexibility index (Phi) is 4.81. The summed E-state index contributed by atoms with van der Waals surface area (Å²) < 4.78 is 3.44. The number of aromatic nitrogens is 5. The SMILES string of the molecule is Cc1cc(C)n(CC(C)CNC(=O)c2cnc3c(c2)c(=O)[nH]c(=O)n3C2CC2)n1. The second-order valence-electron chi connectivity index (χ2n) is 7.88. The Bertz CT molecular complexity index is 1200. The molecule has 152 valence electrons. The van der Waals surface area contributed by atoms with Crippen LogP contribution in [0.25, 0.3) is 11.0 Å². The lowest BCUT2D eigenvalue weighted by molar-refractivity contribution is 0.0946. The molecule has 0 saturated heterocycles. The molecule has 3 aromatic heterocycles. The van der Waals surface area contributed by atoms with Gasteiger partial charge in [-0.25, -0.2) is 9.78 Å². The number of hydrogen-bond donors (Lipinski definition) is 2. The van der Waals surface area contributed by atoms with E-state index in [9.17, 15) is 14.4 Å². The Morgan fingerprint density at radius 1 is 1.31 bits per heavy atom. The van der Waals surface area contributed by atoms with Crippen molar-refractivity contribution in [2.24, 2.45) is 5.92 Å². The maximum Gasteiger partial charge on any atom is 0.330 e. The third-order valence-electron chi connectivity index (χ3n) is 5.15. The van der Waals surface area contributed by atoms with Crippen LogP contribution in [-0.4, -0.2) is 36.8 Å². The summed E-state index contributed by atoms with van der Waals surface area (Å²) in [4.78, 5) is 43.5. The van der Waals surface area contributed by atoms with E-state index in [1.165, 1.54) is 16.8 Å². The Balaban J connectivity index is 1.49. The Morgan fingerprint density at radius 3 is 2.72 bits per heavy atom. The summed E-state index contributed by atoms with van der Waals surface area (Å²) in [5.74, 6) is -0.128. The van der Waals surface area contributed by atoms with Gasteiger partial charge in [0.1, 0.15) is 5.65 Å². The summed E-state index contributed by atoms with van der Waals surface area (Å²) in [5, 5.41) is 7.58. The standard InChI is InChI=1S/C20H24N6O3/c1-11(10-25-13(3)6-12(2)24-25)8-22-18(27)14-7-16-17(21-9-14)26(15-4-5-15)20(29)23-19(16)28/h6-7,9,11,15H,4-5,8,10H2,1-3H3,(H,22,27)(H,23,28,29). The van der Waals surface area contributed by atoms with Crippen LogP contribution in [0.2, 0.25) is 0 Å². The lowest BCUT2D eigenvalue weighted by atomic mass is 10.1. The first-order valence-corrected chi connectivity index (χ1v) is 9.77. The van der Waals surface area contributed by atoms with Crippen molar-refractivity contribution in [3.8, 4) is 0 Å². The average Bonchev–Trinajstić information content (AvgIpc) is 3.45. The molecule has 29 heavy (non-hydrogen) atoms. The van der Waals surface area contributed by atoms with E-state index < -0.39 is 11.2 Å². The first-order valence-electron chi connectivity index (χ1n) is 9.77. The number of nitrogens with one attached hydrogen (secondary N) is 2. The summed E-state index contributed by atoms with van der Waals surface area (Å²) in [6.45, 7) is 7.16. The fourth-order valence-corrected chi connectivity index (χ4v) is 3.52. The zero-order chi connectivity index (χ0) is 20.7. The normalized spacial score (nSPS) is 14.9. The van der Waals surface area contributed by atoms with Crippen molar-refractivity contribution in [2.45, 2.75) is 46.2 Å². The number of amides is 1. The van der Waals surface area contributed by atoms with Crippen LogP contribution in [0.3, 0.4) is 0 Å². The molecule has 3 heterocycles. The van der Waals surface area contributed by atoms with E-state index in [0.717, 1.165) is 24.2 Å². The van der Waals surface area contributed by atoms with Gasteiger partial charge in [-0.2, -0.15) is 5.10 Å². The van der Waals surface area contributed by atoms with E-state index in [0.29, 0.717) is 24.3 Å². The van der Waals surface area contributed by atoms with Gasteiger partial charge in [-0.3, -0.25) is 23.8 Å². The number of carbonyl (C=O) groups is 1. The Morgan fingerprint density at radius 2 is 2.07 bits per heavy atom. The molecule has 1 aliphatic carbocycles. The predicted molar refractivity (Wildman–Crippen MR) is 108 cm³/mol. The number of rotatable bonds is 6. The molecule has 2 N–H and O–H groups in total. The summed E-state index contributed by atoms with van der Waals surface area (Å²) in [7, 11) is 0. The first kappa shape index (κ1) is 19.1. The molecule has 1 unspecified atom stereocenters. The molecule has 3 aromatic rings. The van der Waals surface area contributed by atoms with Gasteiger partial charge >= 0.3 is 5.69 Å². The molecular formula is C20H24N6O3. The molecule has 0 spiro atoms. The molecule has 0 bridgehead atoms. The molecule has 0 aliphatic heterocycles. The summed E-state index contributed by atoms with van der Waals surface area (Å²) in [6.07, 6.45) is 3.19. The molecule has 1 saturated carbocycles. The molecule has 1 aliphatic rings. The summed E-state index contributed by atoms with van der Waals surface area (Å²) in [5.41, 5.74) is 1.70. The smallest absolute Gasteiger partial charge is 0.330 e. The average molecular weight is 396 g/mol. The summed E-state index contributed by atoms with van der Waals surface area (Å²) >= 11 is 0. The lowest BCUT2D eigenvalue weighted by Crippen LogP contribution is -2.32. The largest absolute Gasteiger partial charge is 0.352 e. The molecule has 1 fully saturated rings. The van der Waals surface area contributed by atoms with Gasteiger partial charge < -0.3 is 5.32 Å².